The molecule has 0 aromatic heterocycles. The molecule has 1 saturated heterocycles. The Morgan fingerprint density at radius 1 is 0.652 bits per heavy atom. The monoisotopic (exact) mass is 669 g/mol. The third kappa shape index (κ3) is 6.68. The van der Waals surface area contributed by atoms with Crippen LogP contribution in [0.1, 0.15) is 159 Å². The molecule has 2 heteroatoms. The molecule has 5 saturated carbocycles. The summed E-state index contributed by atoms with van der Waals surface area (Å²) in [7, 11) is -1.52. The van der Waals surface area contributed by atoms with E-state index in [0.29, 0.717) is 10.8 Å². The van der Waals surface area contributed by atoms with Gasteiger partial charge in [-0.1, -0.05) is 102 Å². The minimum absolute atomic E-state index is 0.501. The average Bonchev–Trinajstić information content (AvgIpc) is 3.65. The van der Waals surface area contributed by atoms with Crippen LogP contribution >= 0.6 is 11.8 Å². The second-order valence-corrected chi connectivity index (χ2v) is 28.4. The van der Waals surface area contributed by atoms with E-state index in [1.54, 1.807) is 44.9 Å². The number of rotatable bonds is 6. The van der Waals surface area contributed by atoms with Crippen molar-refractivity contribution < 1.29 is 0 Å². The molecule has 6 fully saturated rings. The van der Waals surface area contributed by atoms with Crippen LogP contribution in [0.5, 0.6) is 0 Å². The van der Waals surface area contributed by atoms with Gasteiger partial charge < -0.3 is 0 Å². The fraction of sp³-hybridized carbons (Fsp3) is 1.00. The second kappa shape index (κ2) is 13.6. The largest absolute Gasteiger partial charge is 0.155 e. The molecule has 266 valence electrons. The van der Waals surface area contributed by atoms with Crippen molar-refractivity contribution in [3.8, 4) is 0 Å². The molecule has 1 heterocycles. The summed E-state index contributed by atoms with van der Waals surface area (Å²) in [5.74, 6) is 12.1. The van der Waals surface area contributed by atoms with E-state index in [1.807, 2.05) is 0 Å². The van der Waals surface area contributed by atoms with Crippen molar-refractivity contribution >= 4 is 19.8 Å². The van der Waals surface area contributed by atoms with Crippen molar-refractivity contribution in [2.75, 3.05) is 0 Å². The quantitative estimate of drug-likeness (QED) is 0.254. The van der Waals surface area contributed by atoms with Gasteiger partial charge in [-0.05, 0) is 164 Å². The second-order valence-electron chi connectivity index (χ2n) is 21.8. The zero-order valence-electron chi connectivity index (χ0n) is 33.0. The smallest absolute Gasteiger partial charge is 0.0555 e. The Bertz CT molecular complexity index is 1000. The summed E-state index contributed by atoms with van der Waals surface area (Å²) in [4.78, 5) is 0. The lowest BCUT2D eigenvalue weighted by Gasteiger charge is -2.49. The molecule has 0 bridgehead atoms. The Hall–Kier alpha value is 0.567. The minimum atomic E-state index is -1.52. The van der Waals surface area contributed by atoms with Gasteiger partial charge in [0.2, 0.25) is 0 Å². The maximum Gasteiger partial charge on any atom is 0.0555 e. The third-order valence-electron chi connectivity index (χ3n) is 17.2. The van der Waals surface area contributed by atoms with Crippen molar-refractivity contribution in [3.63, 3.8) is 0 Å². The van der Waals surface area contributed by atoms with Gasteiger partial charge in [0.05, 0.1) is 8.07 Å². The van der Waals surface area contributed by atoms with E-state index in [9.17, 15) is 0 Å². The van der Waals surface area contributed by atoms with Gasteiger partial charge >= 0.3 is 0 Å². The summed E-state index contributed by atoms with van der Waals surface area (Å²) in [6.07, 6.45) is 21.5. The molecule has 46 heavy (non-hydrogen) atoms. The highest BCUT2D eigenvalue weighted by Crippen LogP contribution is 2.70. The SMILES string of the molecule is CCC1CC2C(SC(C)C2C2CCC(C(C)(C)C)CC2)C1[Si](C)(C)C1C(C(C)C)CC2C(C3CCC(C(C)(C)C)CC3)CCCC21. The summed E-state index contributed by atoms with van der Waals surface area (Å²) in [6.45, 7) is 31.6. The highest BCUT2D eigenvalue weighted by atomic mass is 32.2. The maximum absolute atomic E-state index is 3.00. The van der Waals surface area contributed by atoms with Crippen LogP contribution in [0.25, 0.3) is 0 Å². The maximum atomic E-state index is 3.00. The van der Waals surface area contributed by atoms with Crippen LogP contribution in [-0.4, -0.2) is 18.6 Å². The van der Waals surface area contributed by atoms with Gasteiger partial charge in [-0.3, -0.25) is 0 Å². The van der Waals surface area contributed by atoms with Crippen molar-refractivity contribution in [1.82, 2.24) is 0 Å². The first-order chi connectivity index (χ1) is 21.5. The van der Waals surface area contributed by atoms with Crippen LogP contribution in [0, 0.1) is 81.8 Å². The first-order valence-corrected chi connectivity index (χ1v) is 25.3. The fourth-order valence-electron chi connectivity index (χ4n) is 14.9. The summed E-state index contributed by atoms with van der Waals surface area (Å²) in [6, 6.07) is 0. The molecule has 1 aliphatic heterocycles. The van der Waals surface area contributed by atoms with E-state index in [4.69, 9.17) is 0 Å². The van der Waals surface area contributed by atoms with E-state index >= 15 is 0 Å². The number of fused-ring (bicyclic) bond motifs is 2. The lowest BCUT2D eigenvalue weighted by Crippen LogP contribution is -2.48. The van der Waals surface area contributed by atoms with Gasteiger partial charge in [-0.2, -0.15) is 11.8 Å². The minimum Gasteiger partial charge on any atom is -0.155 e. The Balaban J connectivity index is 1.21. The van der Waals surface area contributed by atoms with Crippen LogP contribution < -0.4 is 0 Å². The fourth-order valence-corrected chi connectivity index (χ4v) is 24.4. The van der Waals surface area contributed by atoms with E-state index in [-0.39, 0.29) is 0 Å². The van der Waals surface area contributed by atoms with E-state index in [1.165, 1.54) is 44.9 Å². The van der Waals surface area contributed by atoms with Crippen LogP contribution in [-0.2, 0) is 0 Å². The summed E-state index contributed by atoms with van der Waals surface area (Å²) in [5.41, 5.74) is 3.16. The zero-order chi connectivity index (χ0) is 33.3. The predicted molar refractivity (Wildman–Crippen MR) is 208 cm³/mol. The third-order valence-corrected chi connectivity index (χ3v) is 24.2. The molecule has 0 aromatic carbocycles. The standard InChI is InChI=1S/C44H80SSi/c1-13-29-25-38-39(31-19-23-33(24-20-31)44(8,9)10)28(4)45-40(38)41(29)46(11,12)42-35-16-14-15-34(37(35)26-36(42)27(2)3)30-17-21-32(22-18-30)43(5,6)7/h27-42H,13-26H2,1-12H3. The summed E-state index contributed by atoms with van der Waals surface area (Å²) < 4.78 is 0. The van der Waals surface area contributed by atoms with Crippen molar-refractivity contribution in [2.45, 2.75) is 194 Å². The van der Waals surface area contributed by atoms with Gasteiger partial charge in [0.25, 0.3) is 0 Å². The van der Waals surface area contributed by atoms with Crippen LogP contribution in [0.4, 0.5) is 0 Å². The van der Waals surface area contributed by atoms with E-state index in [0.717, 1.165) is 92.6 Å². The Labute approximate surface area is 294 Å². The van der Waals surface area contributed by atoms with Crippen molar-refractivity contribution in [1.29, 1.82) is 0 Å². The summed E-state index contributed by atoms with van der Waals surface area (Å²) in [5, 5.41) is 1.89. The lowest BCUT2D eigenvalue weighted by molar-refractivity contribution is 0.0635. The number of hydrogen-bond donors (Lipinski definition) is 0. The first-order valence-electron chi connectivity index (χ1n) is 21.2. The Kier molecular flexibility index (Phi) is 10.8. The Morgan fingerprint density at radius 2 is 1.20 bits per heavy atom. The van der Waals surface area contributed by atoms with Crippen LogP contribution in [0.15, 0.2) is 0 Å². The molecule has 6 aliphatic rings. The zero-order valence-corrected chi connectivity index (χ0v) is 34.9. The molecule has 5 aliphatic carbocycles. The molecule has 6 rings (SSSR count). The lowest BCUT2D eigenvalue weighted by atomic mass is 9.61. The molecule has 0 aromatic rings. The molecular weight excluding hydrogens is 589 g/mol. The van der Waals surface area contributed by atoms with E-state index in [2.05, 4.69) is 94.1 Å². The molecular formula is C44H80SSi. The van der Waals surface area contributed by atoms with Gasteiger partial charge in [-0.15, -0.1) is 0 Å². The van der Waals surface area contributed by atoms with Crippen LogP contribution in [0.3, 0.4) is 0 Å². The molecule has 11 unspecified atom stereocenters. The van der Waals surface area contributed by atoms with Gasteiger partial charge in [0.15, 0.2) is 0 Å². The normalized spacial score (nSPS) is 47.3. The summed E-state index contributed by atoms with van der Waals surface area (Å²) >= 11 is 2.56. The van der Waals surface area contributed by atoms with Crippen molar-refractivity contribution in [2.24, 2.45) is 81.8 Å². The molecule has 0 amide bonds. The molecule has 0 radical (unpaired) electrons. The number of thioether (sulfide) groups is 1. The molecule has 11 atom stereocenters. The molecule has 0 N–H and O–H groups in total. The highest BCUT2D eigenvalue weighted by Gasteiger charge is 2.63. The van der Waals surface area contributed by atoms with Crippen LogP contribution in [0.2, 0.25) is 24.2 Å². The van der Waals surface area contributed by atoms with Gasteiger partial charge in [0, 0.05) is 10.5 Å². The van der Waals surface area contributed by atoms with Crippen molar-refractivity contribution in [3.05, 3.63) is 0 Å². The van der Waals surface area contributed by atoms with E-state index < -0.39 is 8.07 Å². The predicted octanol–water partition coefficient (Wildman–Crippen LogP) is 14.0. The molecule has 0 nitrogen and oxygen atoms in total. The highest BCUT2D eigenvalue weighted by molar-refractivity contribution is 8.00. The van der Waals surface area contributed by atoms with Gasteiger partial charge in [-0.25, -0.2) is 0 Å². The topological polar surface area (TPSA) is 0 Å². The number of hydrogen-bond acceptors (Lipinski definition) is 1. The Morgan fingerprint density at radius 3 is 1.72 bits per heavy atom. The average molecular weight is 669 g/mol. The first kappa shape index (κ1) is 36.4. The molecule has 0 spiro atoms. The van der Waals surface area contributed by atoms with Gasteiger partial charge in [0.1, 0.15) is 0 Å².